The number of likely N-dealkylation sites (tertiary alicyclic amines) is 1. The lowest BCUT2D eigenvalue weighted by atomic mass is 10.1. The highest BCUT2D eigenvalue weighted by Gasteiger charge is 2.21. The molecule has 1 amide bonds. The van der Waals surface area contributed by atoms with Crippen LogP contribution in [0.3, 0.4) is 0 Å². The lowest BCUT2D eigenvalue weighted by Crippen LogP contribution is -2.40. The second-order valence-corrected chi connectivity index (χ2v) is 4.88. The summed E-state index contributed by atoms with van der Waals surface area (Å²) in [6, 6.07) is 0.322. The average Bonchev–Trinajstić information content (AvgIpc) is 2.35. The predicted molar refractivity (Wildman–Crippen MR) is 70.2 cm³/mol. The summed E-state index contributed by atoms with van der Waals surface area (Å²) in [5.74, 6) is -0.135. The molecule has 1 fully saturated rings. The van der Waals surface area contributed by atoms with E-state index < -0.39 is 0 Å². The van der Waals surface area contributed by atoms with Gasteiger partial charge in [0.15, 0.2) is 0 Å². The van der Waals surface area contributed by atoms with Gasteiger partial charge in [-0.3, -0.25) is 10.2 Å². The molecule has 2 N–H and O–H groups in total. The molecule has 0 aromatic rings. The number of nitrogens with one attached hydrogen (secondary N) is 2. The Bertz CT molecular complexity index is 315. The Morgan fingerprint density at radius 1 is 1.29 bits per heavy atom. The fraction of sp³-hybridized carbons (Fsp3) is 0.692. The molecule has 1 heterocycles. The van der Waals surface area contributed by atoms with Gasteiger partial charge in [0, 0.05) is 25.3 Å². The Hall–Kier alpha value is -1.32. The number of rotatable bonds is 4. The molecule has 0 bridgehead atoms. The predicted octanol–water partition coefficient (Wildman–Crippen LogP) is 1.92. The molecule has 0 saturated carbocycles. The molecule has 0 aliphatic carbocycles. The van der Waals surface area contributed by atoms with Crippen molar-refractivity contribution < 1.29 is 4.79 Å². The molecule has 96 valence electrons. The number of piperidine rings is 1. The summed E-state index contributed by atoms with van der Waals surface area (Å²) in [6.45, 7) is 7.46. The van der Waals surface area contributed by atoms with Gasteiger partial charge in [-0.1, -0.05) is 0 Å². The van der Waals surface area contributed by atoms with Gasteiger partial charge >= 0.3 is 0 Å². The first-order chi connectivity index (χ1) is 8.02. The average molecular weight is 237 g/mol. The third kappa shape index (κ3) is 4.21. The van der Waals surface area contributed by atoms with E-state index in [2.05, 4.69) is 5.32 Å². The molecule has 0 unspecified atom stereocenters. The van der Waals surface area contributed by atoms with Crippen LogP contribution in [-0.4, -0.2) is 35.7 Å². The normalized spacial score (nSPS) is 17.2. The molecule has 1 aliphatic heterocycles. The van der Waals surface area contributed by atoms with E-state index in [4.69, 9.17) is 5.41 Å². The molecule has 0 atom stereocenters. The number of hydrogen-bond donors (Lipinski definition) is 2. The van der Waals surface area contributed by atoms with Crippen molar-refractivity contribution in [3.05, 3.63) is 11.8 Å². The summed E-state index contributed by atoms with van der Waals surface area (Å²) in [5.41, 5.74) is 0.814. The Kier molecular flexibility index (Phi) is 5.19. The Morgan fingerprint density at radius 3 is 2.41 bits per heavy atom. The summed E-state index contributed by atoms with van der Waals surface area (Å²) < 4.78 is 0. The summed E-state index contributed by atoms with van der Waals surface area (Å²) in [5, 5.41) is 11.0. The largest absolute Gasteiger partial charge is 0.388 e. The second-order valence-electron chi connectivity index (χ2n) is 4.88. The molecule has 4 heteroatoms. The van der Waals surface area contributed by atoms with E-state index in [1.165, 1.54) is 6.42 Å². The van der Waals surface area contributed by atoms with E-state index in [0.717, 1.165) is 25.9 Å². The highest BCUT2D eigenvalue weighted by Crippen LogP contribution is 2.10. The van der Waals surface area contributed by atoms with E-state index in [1.54, 1.807) is 18.0 Å². The summed E-state index contributed by atoms with van der Waals surface area (Å²) in [7, 11) is 0. The molecular weight excluding hydrogens is 214 g/mol. The summed E-state index contributed by atoms with van der Waals surface area (Å²) in [4.78, 5) is 13.8. The fourth-order valence-corrected chi connectivity index (χ4v) is 1.79. The lowest BCUT2D eigenvalue weighted by Gasteiger charge is -2.27. The Balaban J connectivity index is 2.56. The van der Waals surface area contributed by atoms with Gasteiger partial charge in [0.1, 0.15) is 5.71 Å². The first-order valence-corrected chi connectivity index (χ1v) is 6.33. The smallest absolute Gasteiger partial charge is 0.272 e. The number of carbonyl (C=O) groups is 1. The number of hydrogen-bond acceptors (Lipinski definition) is 3. The monoisotopic (exact) mass is 237 g/mol. The molecule has 1 aliphatic rings. The van der Waals surface area contributed by atoms with Gasteiger partial charge in [-0.25, -0.2) is 0 Å². The van der Waals surface area contributed by atoms with Crippen LogP contribution in [0.25, 0.3) is 0 Å². The number of carbonyl (C=O) groups excluding carboxylic acids is 1. The van der Waals surface area contributed by atoms with Gasteiger partial charge in [0.2, 0.25) is 0 Å². The van der Waals surface area contributed by atoms with Crippen LogP contribution >= 0.6 is 0 Å². The quantitative estimate of drug-likeness (QED) is 0.734. The summed E-state index contributed by atoms with van der Waals surface area (Å²) >= 11 is 0. The third-order valence-electron chi connectivity index (χ3n) is 2.88. The number of amides is 1. The summed E-state index contributed by atoms with van der Waals surface area (Å²) in [6.07, 6.45) is 5.08. The van der Waals surface area contributed by atoms with Crippen LogP contribution in [-0.2, 0) is 4.79 Å². The minimum absolute atomic E-state index is 0.111. The molecule has 17 heavy (non-hydrogen) atoms. The van der Waals surface area contributed by atoms with Crippen LogP contribution in [0.4, 0.5) is 0 Å². The van der Waals surface area contributed by atoms with Gasteiger partial charge in [-0.15, -0.1) is 0 Å². The van der Waals surface area contributed by atoms with Crippen molar-refractivity contribution in [2.75, 3.05) is 13.1 Å². The van der Waals surface area contributed by atoms with Crippen LogP contribution in [0, 0.1) is 5.41 Å². The Labute approximate surface area is 104 Å². The molecule has 0 spiro atoms. The standard InChI is InChI=1S/C13H23N3O/c1-10(2)15-9-11(3)12(14)13(17)16-7-5-4-6-8-16/h9-10,14-15H,4-8H2,1-3H3/b11-9-,14-12?. The van der Waals surface area contributed by atoms with Crippen molar-refractivity contribution in [2.24, 2.45) is 0 Å². The molecule has 0 radical (unpaired) electrons. The molecule has 0 aromatic carbocycles. The van der Waals surface area contributed by atoms with Gasteiger partial charge in [0.25, 0.3) is 5.91 Å². The highest BCUT2D eigenvalue weighted by atomic mass is 16.2. The third-order valence-corrected chi connectivity index (χ3v) is 2.88. The zero-order valence-electron chi connectivity index (χ0n) is 11.0. The van der Waals surface area contributed by atoms with Gasteiger partial charge in [0.05, 0.1) is 0 Å². The van der Waals surface area contributed by atoms with Crippen molar-refractivity contribution in [3.8, 4) is 0 Å². The maximum Gasteiger partial charge on any atom is 0.272 e. The molecular formula is C13H23N3O. The minimum Gasteiger partial charge on any atom is -0.388 e. The van der Waals surface area contributed by atoms with E-state index in [9.17, 15) is 4.79 Å². The molecule has 4 nitrogen and oxygen atoms in total. The van der Waals surface area contributed by atoms with E-state index in [-0.39, 0.29) is 11.6 Å². The maximum atomic E-state index is 12.0. The van der Waals surface area contributed by atoms with Crippen molar-refractivity contribution in [1.29, 1.82) is 5.41 Å². The first-order valence-electron chi connectivity index (χ1n) is 6.33. The zero-order chi connectivity index (χ0) is 12.8. The first kappa shape index (κ1) is 13.7. The highest BCUT2D eigenvalue weighted by molar-refractivity contribution is 6.43. The number of nitrogens with zero attached hydrogens (tertiary/aromatic N) is 1. The van der Waals surface area contributed by atoms with Gasteiger partial charge in [-0.2, -0.15) is 0 Å². The fourth-order valence-electron chi connectivity index (χ4n) is 1.79. The van der Waals surface area contributed by atoms with E-state index in [1.807, 2.05) is 13.8 Å². The van der Waals surface area contributed by atoms with Crippen molar-refractivity contribution in [1.82, 2.24) is 10.2 Å². The van der Waals surface area contributed by atoms with Crippen LogP contribution < -0.4 is 5.32 Å². The minimum atomic E-state index is -0.135. The second kappa shape index (κ2) is 6.42. The van der Waals surface area contributed by atoms with Crippen LogP contribution in [0.2, 0.25) is 0 Å². The molecule has 1 saturated heterocycles. The van der Waals surface area contributed by atoms with Gasteiger partial charge < -0.3 is 10.2 Å². The van der Waals surface area contributed by atoms with Gasteiger partial charge in [-0.05, 0) is 45.6 Å². The zero-order valence-corrected chi connectivity index (χ0v) is 11.0. The Morgan fingerprint density at radius 2 is 1.88 bits per heavy atom. The van der Waals surface area contributed by atoms with Crippen LogP contribution in [0.15, 0.2) is 11.8 Å². The van der Waals surface area contributed by atoms with Crippen LogP contribution in [0.1, 0.15) is 40.0 Å². The maximum absolute atomic E-state index is 12.0. The van der Waals surface area contributed by atoms with Crippen molar-refractivity contribution in [2.45, 2.75) is 46.1 Å². The molecule has 0 aromatic heterocycles. The van der Waals surface area contributed by atoms with E-state index >= 15 is 0 Å². The topological polar surface area (TPSA) is 56.2 Å². The van der Waals surface area contributed by atoms with E-state index in [0.29, 0.717) is 11.6 Å². The van der Waals surface area contributed by atoms with Crippen LogP contribution in [0.5, 0.6) is 0 Å². The lowest BCUT2D eigenvalue weighted by molar-refractivity contribution is -0.124. The van der Waals surface area contributed by atoms with Crippen molar-refractivity contribution in [3.63, 3.8) is 0 Å². The van der Waals surface area contributed by atoms with Crippen molar-refractivity contribution >= 4 is 11.6 Å². The molecule has 1 rings (SSSR count). The SMILES string of the molecule is C/C(=C/NC(C)C)C(=N)C(=O)N1CCCCC1.